The molecule has 0 saturated heterocycles. The lowest BCUT2D eigenvalue weighted by Crippen LogP contribution is -2.19. The summed E-state index contributed by atoms with van der Waals surface area (Å²) in [6, 6.07) is 12.5. The molecule has 2 aromatic carbocycles. The van der Waals surface area contributed by atoms with Gasteiger partial charge in [0.2, 0.25) is 10.0 Å². The van der Waals surface area contributed by atoms with Gasteiger partial charge in [-0.05, 0) is 42.9 Å². The fourth-order valence-electron chi connectivity index (χ4n) is 1.91. The van der Waals surface area contributed by atoms with Crippen LogP contribution >= 0.6 is 11.6 Å². The number of halogens is 1. The van der Waals surface area contributed by atoms with E-state index in [1.165, 1.54) is 19.2 Å². The van der Waals surface area contributed by atoms with Crippen LogP contribution in [0, 0.1) is 11.3 Å². The fourth-order valence-corrected chi connectivity index (χ4v) is 3.16. The van der Waals surface area contributed by atoms with E-state index in [-0.39, 0.29) is 22.1 Å². The molecule has 0 unspecified atom stereocenters. The summed E-state index contributed by atoms with van der Waals surface area (Å²) in [7, 11) is -2.54. The molecule has 0 aliphatic heterocycles. The molecule has 2 aromatic rings. The number of nitrogens with one attached hydrogen (secondary N) is 1. The number of benzene rings is 2. The second kappa shape index (κ2) is 7.45. The van der Waals surface area contributed by atoms with E-state index in [9.17, 15) is 13.2 Å². The van der Waals surface area contributed by atoms with Gasteiger partial charge < -0.3 is 4.74 Å². The molecule has 0 aliphatic carbocycles. The van der Waals surface area contributed by atoms with Crippen LogP contribution in [0.25, 0.3) is 0 Å². The Kier molecular flexibility index (Phi) is 5.57. The predicted molar refractivity (Wildman–Crippen MR) is 88.0 cm³/mol. The molecule has 0 amide bonds. The van der Waals surface area contributed by atoms with Crippen molar-refractivity contribution in [2.24, 2.45) is 0 Å². The van der Waals surface area contributed by atoms with Crippen molar-refractivity contribution < 1.29 is 17.9 Å². The standard InChI is InChI=1S/C16H13ClN2O4S/c1-19-24(21,22)15-8-13(5-6-14(15)17)16(20)23-10-12-4-2-3-11(7-12)9-18/h2-8,19H,10H2,1H3. The minimum Gasteiger partial charge on any atom is -0.457 e. The maximum absolute atomic E-state index is 12.1. The highest BCUT2D eigenvalue weighted by molar-refractivity contribution is 7.89. The summed E-state index contributed by atoms with van der Waals surface area (Å²) in [6.07, 6.45) is 0. The molecule has 124 valence electrons. The Morgan fingerprint density at radius 3 is 2.71 bits per heavy atom. The Morgan fingerprint density at radius 2 is 2.04 bits per heavy atom. The molecule has 1 N–H and O–H groups in total. The van der Waals surface area contributed by atoms with Crippen LogP contribution in [0.4, 0.5) is 0 Å². The summed E-state index contributed by atoms with van der Waals surface area (Å²) in [5.41, 5.74) is 1.17. The minimum atomic E-state index is -3.79. The molecule has 0 heterocycles. The lowest BCUT2D eigenvalue weighted by Gasteiger charge is -2.09. The molecule has 0 saturated carbocycles. The average molecular weight is 365 g/mol. The second-order valence-corrected chi connectivity index (χ2v) is 7.00. The topological polar surface area (TPSA) is 96.3 Å². The summed E-state index contributed by atoms with van der Waals surface area (Å²) >= 11 is 5.87. The summed E-state index contributed by atoms with van der Waals surface area (Å²) in [5.74, 6) is -0.693. The molecular formula is C16H13ClN2O4S. The van der Waals surface area contributed by atoms with Crippen molar-refractivity contribution in [3.63, 3.8) is 0 Å². The Labute approximate surface area is 144 Å². The van der Waals surface area contributed by atoms with Crippen molar-refractivity contribution >= 4 is 27.6 Å². The lowest BCUT2D eigenvalue weighted by molar-refractivity contribution is 0.0472. The number of hydrogen-bond donors (Lipinski definition) is 1. The largest absolute Gasteiger partial charge is 0.457 e. The monoisotopic (exact) mass is 364 g/mol. The highest BCUT2D eigenvalue weighted by atomic mass is 35.5. The number of sulfonamides is 1. The average Bonchev–Trinajstić information content (AvgIpc) is 2.60. The third-order valence-corrected chi connectivity index (χ3v) is 5.05. The molecular weight excluding hydrogens is 352 g/mol. The maximum Gasteiger partial charge on any atom is 0.338 e. The third-order valence-electron chi connectivity index (χ3n) is 3.15. The smallest absolute Gasteiger partial charge is 0.338 e. The Balaban J connectivity index is 2.18. The fraction of sp³-hybridized carbons (Fsp3) is 0.125. The SMILES string of the molecule is CNS(=O)(=O)c1cc(C(=O)OCc2cccc(C#N)c2)ccc1Cl. The van der Waals surface area contributed by atoms with E-state index in [0.717, 1.165) is 6.07 Å². The third kappa shape index (κ3) is 4.11. The molecule has 6 nitrogen and oxygen atoms in total. The van der Waals surface area contributed by atoms with E-state index >= 15 is 0 Å². The highest BCUT2D eigenvalue weighted by Gasteiger charge is 2.19. The van der Waals surface area contributed by atoms with Crippen LogP contribution < -0.4 is 4.72 Å². The van der Waals surface area contributed by atoms with Crippen molar-refractivity contribution in [2.75, 3.05) is 7.05 Å². The lowest BCUT2D eigenvalue weighted by atomic mass is 10.1. The summed E-state index contributed by atoms with van der Waals surface area (Å²) in [5, 5.41) is 8.84. The molecule has 0 fully saturated rings. The molecule has 8 heteroatoms. The molecule has 0 atom stereocenters. The number of ether oxygens (including phenoxy) is 1. The zero-order valence-corrected chi connectivity index (χ0v) is 14.2. The van der Waals surface area contributed by atoms with Gasteiger partial charge in [-0.2, -0.15) is 5.26 Å². The van der Waals surface area contributed by atoms with Crippen LogP contribution in [0.15, 0.2) is 47.4 Å². The van der Waals surface area contributed by atoms with Crippen molar-refractivity contribution in [1.29, 1.82) is 5.26 Å². The van der Waals surface area contributed by atoms with Gasteiger partial charge in [-0.1, -0.05) is 23.7 Å². The molecule has 0 bridgehead atoms. The molecule has 0 spiro atoms. The number of nitrogens with zero attached hydrogens (tertiary/aromatic N) is 1. The first kappa shape index (κ1) is 17.9. The van der Waals surface area contributed by atoms with E-state index in [1.807, 2.05) is 6.07 Å². The van der Waals surface area contributed by atoms with Gasteiger partial charge in [0.1, 0.15) is 11.5 Å². The maximum atomic E-state index is 12.1. The van der Waals surface area contributed by atoms with Gasteiger partial charge in [-0.25, -0.2) is 17.9 Å². The Morgan fingerprint density at radius 1 is 1.29 bits per heavy atom. The molecule has 0 aromatic heterocycles. The Bertz CT molecular complexity index is 920. The molecule has 2 rings (SSSR count). The first-order valence-electron chi connectivity index (χ1n) is 6.76. The van der Waals surface area contributed by atoms with Gasteiger partial charge in [0.05, 0.1) is 22.2 Å². The van der Waals surface area contributed by atoms with E-state index in [0.29, 0.717) is 11.1 Å². The zero-order chi connectivity index (χ0) is 17.7. The number of carbonyl (C=O) groups excluding carboxylic acids is 1. The van der Waals surface area contributed by atoms with Crippen molar-refractivity contribution in [1.82, 2.24) is 4.72 Å². The van der Waals surface area contributed by atoms with Crippen molar-refractivity contribution in [3.05, 3.63) is 64.2 Å². The van der Waals surface area contributed by atoms with Gasteiger partial charge in [0.25, 0.3) is 0 Å². The van der Waals surface area contributed by atoms with Gasteiger partial charge >= 0.3 is 5.97 Å². The van der Waals surface area contributed by atoms with Crippen molar-refractivity contribution in [3.8, 4) is 6.07 Å². The number of carbonyl (C=O) groups is 1. The minimum absolute atomic E-state index is 0.00243. The number of rotatable bonds is 5. The van der Waals surface area contributed by atoms with E-state index in [2.05, 4.69) is 4.72 Å². The zero-order valence-electron chi connectivity index (χ0n) is 12.6. The van der Waals surface area contributed by atoms with Gasteiger partial charge in [0, 0.05) is 0 Å². The van der Waals surface area contributed by atoms with Crippen LogP contribution in [-0.4, -0.2) is 21.4 Å². The summed E-state index contributed by atoms with van der Waals surface area (Å²) in [4.78, 5) is 11.9. The molecule has 24 heavy (non-hydrogen) atoms. The van der Waals surface area contributed by atoms with Gasteiger partial charge in [0.15, 0.2) is 0 Å². The summed E-state index contributed by atoms with van der Waals surface area (Å²) < 4.78 is 31.0. The van der Waals surface area contributed by atoms with Crippen LogP contribution in [-0.2, 0) is 21.4 Å². The molecule has 0 radical (unpaired) electrons. The van der Waals surface area contributed by atoms with Crippen molar-refractivity contribution in [2.45, 2.75) is 11.5 Å². The van der Waals surface area contributed by atoms with Crippen LogP contribution in [0.3, 0.4) is 0 Å². The first-order chi connectivity index (χ1) is 11.4. The van der Waals surface area contributed by atoms with Crippen LogP contribution in [0.2, 0.25) is 5.02 Å². The highest BCUT2D eigenvalue weighted by Crippen LogP contribution is 2.23. The van der Waals surface area contributed by atoms with E-state index in [4.69, 9.17) is 21.6 Å². The molecule has 0 aliphatic rings. The van der Waals surface area contributed by atoms with E-state index in [1.54, 1.807) is 24.3 Å². The predicted octanol–water partition coefficient (Wildman–Crippen LogP) is 2.48. The number of hydrogen-bond acceptors (Lipinski definition) is 5. The normalized spacial score (nSPS) is 10.9. The quantitative estimate of drug-likeness (QED) is 0.822. The van der Waals surface area contributed by atoms with E-state index < -0.39 is 16.0 Å². The van der Waals surface area contributed by atoms with Gasteiger partial charge in [-0.15, -0.1) is 0 Å². The first-order valence-corrected chi connectivity index (χ1v) is 8.63. The number of esters is 1. The summed E-state index contributed by atoms with van der Waals surface area (Å²) in [6.45, 7) is -0.0366. The van der Waals surface area contributed by atoms with Crippen LogP contribution in [0.5, 0.6) is 0 Å². The van der Waals surface area contributed by atoms with Gasteiger partial charge in [-0.3, -0.25) is 0 Å². The second-order valence-electron chi connectivity index (χ2n) is 4.74. The Hall–Kier alpha value is -2.40. The van der Waals surface area contributed by atoms with Crippen LogP contribution in [0.1, 0.15) is 21.5 Å². The number of nitriles is 1.